The molecule has 0 aliphatic carbocycles. The summed E-state index contributed by atoms with van der Waals surface area (Å²) in [6, 6.07) is 9.15. The quantitative estimate of drug-likeness (QED) is 0.716. The van der Waals surface area contributed by atoms with E-state index in [2.05, 4.69) is 11.9 Å². The number of ether oxygens (including phenoxy) is 1. The predicted octanol–water partition coefficient (Wildman–Crippen LogP) is 2.89. The van der Waals surface area contributed by atoms with Crippen molar-refractivity contribution in [2.24, 2.45) is 0 Å². The second-order valence-corrected chi connectivity index (χ2v) is 4.28. The van der Waals surface area contributed by atoms with Gasteiger partial charge in [0.05, 0.1) is 6.04 Å². The van der Waals surface area contributed by atoms with Gasteiger partial charge in [0.15, 0.2) is 0 Å². The third kappa shape index (κ3) is 6.04. The minimum Gasteiger partial charge on any atom is -0.481 e. The number of nitrogens with one attached hydrogen (secondary N) is 1. The first-order valence-electron chi connectivity index (χ1n) is 6.44. The average molecular weight is 277 g/mol. The molecule has 0 heterocycles. The van der Waals surface area contributed by atoms with E-state index in [4.69, 9.17) is 9.84 Å². The van der Waals surface area contributed by atoms with Crippen LogP contribution in [0.1, 0.15) is 30.9 Å². The van der Waals surface area contributed by atoms with E-state index < -0.39 is 12.1 Å². The van der Waals surface area contributed by atoms with Crippen LogP contribution < -0.4 is 5.32 Å². The number of amides is 1. The zero-order chi connectivity index (χ0) is 14.8. The van der Waals surface area contributed by atoms with E-state index in [1.807, 2.05) is 30.3 Å². The van der Waals surface area contributed by atoms with Crippen LogP contribution >= 0.6 is 0 Å². The SMILES string of the molecule is C=CCOC(=O)NC(CCCC(=O)O)c1ccccc1. The van der Waals surface area contributed by atoms with Crippen LogP contribution in [-0.2, 0) is 9.53 Å². The molecule has 2 N–H and O–H groups in total. The first kappa shape index (κ1) is 15.8. The smallest absolute Gasteiger partial charge is 0.407 e. The van der Waals surface area contributed by atoms with Crippen LogP contribution in [-0.4, -0.2) is 23.8 Å². The Morgan fingerprint density at radius 2 is 2.05 bits per heavy atom. The highest BCUT2D eigenvalue weighted by Crippen LogP contribution is 2.19. The van der Waals surface area contributed by atoms with E-state index in [9.17, 15) is 9.59 Å². The average Bonchev–Trinajstić information content (AvgIpc) is 2.44. The van der Waals surface area contributed by atoms with Crippen LogP contribution in [0, 0.1) is 0 Å². The van der Waals surface area contributed by atoms with Gasteiger partial charge in [0.25, 0.3) is 0 Å². The Morgan fingerprint density at radius 1 is 1.35 bits per heavy atom. The second-order valence-electron chi connectivity index (χ2n) is 4.28. The Balaban J connectivity index is 2.61. The molecule has 0 aliphatic rings. The maximum absolute atomic E-state index is 11.6. The number of carbonyl (C=O) groups excluding carboxylic acids is 1. The normalized spacial score (nSPS) is 11.4. The van der Waals surface area contributed by atoms with Crippen LogP contribution in [0.15, 0.2) is 43.0 Å². The van der Waals surface area contributed by atoms with Crippen LogP contribution in [0.5, 0.6) is 0 Å². The summed E-state index contributed by atoms with van der Waals surface area (Å²) in [6.45, 7) is 3.61. The van der Waals surface area contributed by atoms with Crippen molar-refractivity contribution in [2.45, 2.75) is 25.3 Å². The molecule has 1 atom stereocenters. The number of benzene rings is 1. The monoisotopic (exact) mass is 277 g/mol. The van der Waals surface area contributed by atoms with Gasteiger partial charge in [-0.1, -0.05) is 43.0 Å². The lowest BCUT2D eigenvalue weighted by Gasteiger charge is -2.18. The van der Waals surface area contributed by atoms with Crippen molar-refractivity contribution in [1.29, 1.82) is 0 Å². The van der Waals surface area contributed by atoms with Gasteiger partial charge >= 0.3 is 12.1 Å². The Bertz CT molecular complexity index is 444. The number of carbonyl (C=O) groups is 2. The molecule has 0 spiro atoms. The molecule has 5 nitrogen and oxygen atoms in total. The van der Waals surface area contributed by atoms with E-state index >= 15 is 0 Å². The fourth-order valence-electron chi connectivity index (χ4n) is 1.78. The largest absolute Gasteiger partial charge is 0.481 e. The number of alkyl carbamates (subject to hydrolysis) is 1. The first-order chi connectivity index (χ1) is 9.63. The van der Waals surface area contributed by atoms with Crippen molar-refractivity contribution < 1.29 is 19.4 Å². The molecular formula is C15H19NO4. The number of hydrogen-bond acceptors (Lipinski definition) is 3. The van der Waals surface area contributed by atoms with E-state index in [1.165, 1.54) is 6.08 Å². The molecule has 1 aromatic carbocycles. The summed E-state index contributed by atoms with van der Waals surface area (Å²) >= 11 is 0. The molecule has 0 bridgehead atoms. The Labute approximate surface area is 118 Å². The van der Waals surface area contributed by atoms with E-state index in [-0.39, 0.29) is 19.1 Å². The Kier molecular flexibility index (Phi) is 6.89. The Morgan fingerprint density at radius 3 is 2.65 bits per heavy atom. The molecule has 0 fully saturated rings. The fraction of sp³-hybridized carbons (Fsp3) is 0.333. The summed E-state index contributed by atoms with van der Waals surface area (Å²) in [4.78, 5) is 22.1. The lowest BCUT2D eigenvalue weighted by Crippen LogP contribution is -2.29. The summed E-state index contributed by atoms with van der Waals surface area (Å²) in [5.41, 5.74) is 0.924. The van der Waals surface area contributed by atoms with Crippen LogP contribution in [0.25, 0.3) is 0 Å². The number of hydrogen-bond donors (Lipinski definition) is 2. The van der Waals surface area contributed by atoms with Gasteiger partial charge in [-0.2, -0.15) is 0 Å². The van der Waals surface area contributed by atoms with Gasteiger partial charge in [-0.25, -0.2) is 4.79 Å². The maximum atomic E-state index is 11.6. The highest BCUT2D eigenvalue weighted by Gasteiger charge is 2.15. The fourth-order valence-corrected chi connectivity index (χ4v) is 1.78. The minimum absolute atomic E-state index is 0.0761. The summed E-state index contributed by atoms with van der Waals surface area (Å²) in [6.07, 6.45) is 2.05. The molecule has 1 aromatic rings. The summed E-state index contributed by atoms with van der Waals surface area (Å²) < 4.78 is 4.89. The van der Waals surface area contributed by atoms with Crippen molar-refractivity contribution in [3.8, 4) is 0 Å². The van der Waals surface area contributed by atoms with Gasteiger partial charge < -0.3 is 15.2 Å². The number of aliphatic carboxylic acids is 1. The molecule has 0 aromatic heterocycles. The molecule has 0 saturated heterocycles. The molecule has 0 saturated carbocycles. The van der Waals surface area contributed by atoms with Gasteiger partial charge in [-0.15, -0.1) is 0 Å². The van der Waals surface area contributed by atoms with Crippen molar-refractivity contribution in [3.05, 3.63) is 48.6 Å². The lowest BCUT2D eigenvalue weighted by molar-refractivity contribution is -0.137. The molecule has 108 valence electrons. The third-order valence-electron chi connectivity index (χ3n) is 2.71. The molecule has 1 rings (SSSR count). The summed E-state index contributed by atoms with van der Waals surface area (Å²) in [7, 11) is 0. The number of rotatable bonds is 8. The van der Waals surface area contributed by atoms with Gasteiger partial charge in [0, 0.05) is 6.42 Å². The topological polar surface area (TPSA) is 75.6 Å². The van der Waals surface area contributed by atoms with Crippen LogP contribution in [0.4, 0.5) is 4.79 Å². The highest BCUT2D eigenvalue weighted by atomic mass is 16.5. The van der Waals surface area contributed by atoms with E-state index in [1.54, 1.807) is 0 Å². The lowest BCUT2D eigenvalue weighted by atomic mass is 10.0. The van der Waals surface area contributed by atoms with Crippen molar-refractivity contribution in [1.82, 2.24) is 5.32 Å². The maximum Gasteiger partial charge on any atom is 0.407 e. The first-order valence-corrected chi connectivity index (χ1v) is 6.44. The number of carboxylic acid groups (broad SMARTS) is 1. The van der Waals surface area contributed by atoms with E-state index in [0.717, 1.165) is 5.56 Å². The highest BCUT2D eigenvalue weighted by molar-refractivity contribution is 5.68. The molecule has 0 radical (unpaired) electrons. The zero-order valence-electron chi connectivity index (χ0n) is 11.2. The molecule has 1 unspecified atom stereocenters. The molecule has 5 heteroatoms. The van der Waals surface area contributed by atoms with Gasteiger partial charge in [0.2, 0.25) is 0 Å². The van der Waals surface area contributed by atoms with Crippen LogP contribution in [0.3, 0.4) is 0 Å². The van der Waals surface area contributed by atoms with Gasteiger partial charge in [-0.3, -0.25) is 4.79 Å². The predicted molar refractivity (Wildman–Crippen MR) is 75.4 cm³/mol. The van der Waals surface area contributed by atoms with Crippen molar-refractivity contribution >= 4 is 12.1 Å². The molecule has 1 amide bonds. The molecule has 0 aliphatic heterocycles. The van der Waals surface area contributed by atoms with Gasteiger partial charge in [0.1, 0.15) is 6.61 Å². The number of carboxylic acids is 1. The van der Waals surface area contributed by atoms with Crippen molar-refractivity contribution in [2.75, 3.05) is 6.61 Å². The molecule has 20 heavy (non-hydrogen) atoms. The van der Waals surface area contributed by atoms with Gasteiger partial charge in [-0.05, 0) is 18.4 Å². The second kappa shape index (κ2) is 8.74. The molecular weight excluding hydrogens is 258 g/mol. The minimum atomic E-state index is -0.842. The standard InChI is InChI=1S/C15H19NO4/c1-2-11-20-15(19)16-13(9-6-10-14(17)18)12-7-4-3-5-8-12/h2-5,7-8,13H,1,6,9-11H2,(H,16,19)(H,17,18). The summed E-state index contributed by atoms with van der Waals surface area (Å²) in [5, 5.41) is 11.4. The third-order valence-corrected chi connectivity index (χ3v) is 2.71. The summed E-state index contributed by atoms with van der Waals surface area (Å²) in [5.74, 6) is -0.842. The zero-order valence-corrected chi connectivity index (χ0v) is 11.2. The van der Waals surface area contributed by atoms with Crippen molar-refractivity contribution in [3.63, 3.8) is 0 Å². The Hall–Kier alpha value is -2.30. The van der Waals surface area contributed by atoms with E-state index in [0.29, 0.717) is 12.8 Å². The van der Waals surface area contributed by atoms with Crippen LogP contribution in [0.2, 0.25) is 0 Å².